The SMILES string of the molecule is CN1CCC(n2c(SCC(=O)O)n[nH]c2=O)CC1. The number of aromatic amines is 1. The predicted octanol–water partition coefficient (Wildman–Crippen LogP) is 0.0148. The summed E-state index contributed by atoms with van der Waals surface area (Å²) in [5.41, 5.74) is -0.252. The fourth-order valence-corrected chi connectivity index (χ4v) is 2.83. The van der Waals surface area contributed by atoms with Gasteiger partial charge in [0.15, 0.2) is 5.16 Å². The van der Waals surface area contributed by atoms with E-state index < -0.39 is 5.97 Å². The molecule has 0 radical (unpaired) electrons. The van der Waals surface area contributed by atoms with Crippen molar-refractivity contribution in [2.24, 2.45) is 0 Å². The molecule has 0 unspecified atom stereocenters. The third kappa shape index (κ3) is 2.94. The molecule has 0 bridgehead atoms. The van der Waals surface area contributed by atoms with Crippen LogP contribution in [0.25, 0.3) is 0 Å². The standard InChI is InChI=1S/C10H16N4O3S/c1-13-4-2-7(3-5-13)14-9(17)11-12-10(14)18-6-8(15)16/h7H,2-6H2,1H3,(H,11,17)(H,15,16). The van der Waals surface area contributed by atoms with Crippen molar-refractivity contribution in [2.75, 3.05) is 25.9 Å². The van der Waals surface area contributed by atoms with Gasteiger partial charge in [0.05, 0.1) is 5.75 Å². The van der Waals surface area contributed by atoms with Gasteiger partial charge in [-0.1, -0.05) is 11.8 Å². The van der Waals surface area contributed by atoms with E-state index >= 15 is 0 Å². The number of H-pyrrole nitrogens is 1. The van der Waals surface area contributed by atoms with Gasteiger partial charge in [-0.15, -0.1) is 5.10 Å². The number of nitrogens with one attached hydrogen (secondary N) is 1. The summed E-state index contributed by atoms with van der Waals surface area (Å²) in [6, 6.07) is 0.115. The second-order valence-corrected chi connectivity index (χ2v) is 5.34. The molecule has 0 aliphatic carbocycles. The van der Waals surface area contributed by atoms with Crippen LogP contribution >= 0.6 is 11.8 Å². The van der Waals surface area contributed by atoms with Gasteiger partial charge in [0.25, 0.3) is 0 Å². The number of hydrogen-bond acceptors (Lipinski definition) is 5. The van der Waals surface area contributed by atoms with Gasteiger partial charge in [-0.2, -0.15) is 0 Å². The number of nitrogens with zero attached hydrogens (tertiary/aromatic N) is 3. The van der Waals surface area contributed by atoms with Gasteiger partial charge in [-0.3, -0.25) is 9.36 Å². The molecule has 1 aliphatic rings. The van der Waals surface area contributed by atoms with Crippen molar-refractivity contribution in [3.63, 3.8) is 0 Å². The Morgan fingerprint density at radius 1 is 1.56 bits per heavy atom. The van der Waals surface area contributed by atoms with Crippen LogP contribution in [-0.4, -0.2) is 56.6 Å². The summed E-state index contributed by atoms with van der Waals surface area (Å²) in [6.45, 7) is 1.87. The van der Waals surface area contributed by atoms with Crippen molar-refractivity contribution in [2.45, 2.75) is 24.0 Å². The maximum absolute atomic E-state index is 11.7. The Labute approximate surface area is 108 Å². The zero-order valence-corrected chi connectivity index (χ0v) is 10.9. The number of rotatable bonds is 4. The molecule has 18 heavy (non-hydrogen) atoms. The number of aromatic nitrogens is 3. The monoisotopic (exact) mass is 272 g/mol. The van der Waals surface area contributed by atoms with E-state index in [0.717, 1.165) is 37.7 Å². The largest absolute Gasteiger partial charge is 0.481 e. The summed E-state index contributed by atoms with van der Waals surface area (Å²) in [4.78, 5) is 24.5. The lowest BCUT2D eigenvalue weighted by atomic mass is 10.1. The van der Waals surface area contributed by atoms with Gasteiger partial charge in [0.2, 0.25) is 0 Å². The van der Waals surface area contributed by atoms with Crippen LogP contribution in [-0.2, 0) is 4.79 Å². The molecule has 2 heterocycles. The highest BCUT2D eigenvalue weighted by molar-refractivity contribution is 7.99. The van der Waals surface area contributed by atoms with E-state index in [1.165, 1.54) is 0 Å². The van der Waals surface area contributed by atoms with Gasteiger partial charge in [-0.05, 0) is 33.0 Å². The van der Waals surface area contributed by atoms with Crippen molar-refractivity contribution in [1.82, 2.24) is 19.7 Å². The number of carboxylic acids is 1. The molecule has 8 heteroatoms. The highest BCUT2D eigenvalue weighted by Gasteiger charge is 2.23. The molecule has 1 aromatic heterocycles. The van der Waals surface area contributed by atoms with E-state index in [1.54, 1.807) is 4.57 Å². The van der Waals surface area contributed by atoms with Gasteiger partial charge < -0.3 is 10.0 Å². The lowest BCUT2D eigenvalue weighted by Crippen LogP contribution is -2.35. The van der Waals surface area contributed by atoms with Crippen molar-refractivity contribution < 1.29 is 9.90 Å². The maximum Gasteiger partial charge on any atom is 0.344 e. The van der Waals surface area contributed by atoms with Gasteiger partial charge in [0.1, 0.15) is 0 Å². The molecule has 2 rings (SSSR count). The van der Waals surface area contributed by atoms with Crippen LogP contribution in [0.3, 0.4) is 0 Å². The van der Waals surface area contributed by atoms with Crippen LogP contribution in [0.15, 0.2) is 9.95 Å². The second kappa shape index (κ2) is 5.57. The first-order chi connectivity index (χ1) is 8.58. The first-order valence-electron chi connectivity index (χ1n) is 5.78. The summed E-state index contributed by atoms with van der Waals surface area (Å²) in [5.74, 6) is -0.998. The molecular formula is C10H16N4O3S. The molecule has 0 aromatic carbocycles. The van der Waals surface area contributed by atoms with E-state index in [1.807, 2.05) is 0 Å². The zero-order valence-electron chi connectivity index (χ0n) is 10.1. The molecule has 0 atom stereocenters. The number of carbonyl (C=O) groups is 1. The van der Waals surface area contributed by atoms with Crippen LogP contribution in [0.5, 0.6) is 0 Å². The quantitative estimate of drug-likeness (QED) is 0.751. The molecular weight excluding hydrogens is 256 g/mol. The average Bonchev–Trinajstić information content (AvgIpc) is 2.69. The summed E-state index contributed by atoms with van der Waals surface area (Å²) < 4.78 is 1.60. The van der Waals surface area contributed by atoms with E-state index in [4.69, 9.17) is 5.11 Å². The maximum atomic E-state index is 11.7. The lowest BCUT2D eigenvalue weighted by molar-refractivity contribution is -0.133. The van der Waals surface area contributed by atoms with E-state index in [9.17, 15) is 9.59 Å². The van der Waals surface area contributed by atoms with Crippen LogP contribution in [0.1, 0.15) is 18.9 Å². The molecule has 2 N–H and O–H groups in total. The first-order valence-corrected chi connectivity index (χ1v) is 6.76. The summed E-state index contributed by atoms with van der Waals surface area (Å²) in [5, 5.41) is 15.4. The molecule has 0 amide bonds. The topological polar surface area (TPSA) is 91.2 Å². The Balaban J connectivity index is 2.13. The molecule has 1 aromatic rings. The zero-order chi connectivity index (χ0) is 13.1. The van der Waals surface area contributed by atoms with E-state index in [2.05, 4.69) is 22.1 Å². The third-order valence-corrected chi connectivity index (χ3v) is 3.99. The molecule has 1 saturated heterocycles. The molecule has 0 saturated carbocycles. The summed E-state index contributed by atoms with van der Waals surface area (Å²) in [7, 11) is 2.05. The van der Waals surface area contributed by atoms with Crippen molar-refractivity contribution in [1.29, 1.82) is 0 Å². The number of hydrogen-bond donors (Lipinski definition) is 2. The number of piperidine rings is 1. The van der Waals surface area contributed by atoms with E-state index in [-0.39, 0.29) is 17.5 Å². The number of aliphatic carboxylic acids is 1. The normalized spacial score (nSPS) is 18.1. The van der Waals surface area contributed by atoms with Gasteiger partial charge in [0, 0.05) is 6.04 Å². The van der Waals surface area contributed by atoms with Crippen LogP contribution in [0.4, 0.5) is 0 Å². The van der Waals surface area contributed by atoms with Crippen LogP contribution in [0.2, 0.25) is 0 Å². The van der Waals surface area contributed by atoms with E-state index in [0.29, 0.717) is 5.16 Å². The Kier molecular flexibility index (Phi) is 4.07. The van der Waals surface area contributed by atoms with Gasteiger partial charge in [-0.25, -0.2) is 9.89 Å². The fourth-order valence-electron chi connectivity index (χ4n) is 2.09. The number of likely N-dealkylation sites (tertiary alicyclic amines) is 1. The molecule has 7 nitrogen and oxygen atoms in total. The minimum Gasteiger partial charge on any atom is -0.481 e. The smallest absolute Gasteiger partial charge is 0.344 e. The highest BCUT2D eigenvalue weighted by atomic mass is 32.2. The molecule has 1 fully saturated rings. The summed E-state index contributed by atoms with van der Waals surface area (Å²) in [6.07, 6.45) is 1.77. The lowest BCUT2D eigenvalue weighted by Gasteiger charge is -2.29. The van der Waals surface area contributed by atoms with Crippen LogP contribution < -0.4 is 5.69 Å². The Morgan fingerprint density at radius 2 is 2.22 bits per heavy atom. The Hall–Kier alpha value is -1.28. The summed E-state index contributed by atoms with van der Waals surface area (Å²) >= 11 is 1.08. The van der Waals surface area contributed by atoms with Crippen LogP contribution in [0, 0.1) is 0 Å². The molecule has 0 spiro atoms. The predicted molar refractivity (Wildman–Crippen MR) is 67.0 cm³/mol. The van der Waals surface area contributed by atoms with Gasteiger partial charge >= 0.3 is 11.7 Å². The fraction of sp³-hybridized carbons (Fsp3) is 0.700. The van der Waals surface area contributed by atoms with Crippen molar-refractivity contribution in [3.8, 4) is 0 Å². The number of thioether (sulfide) groups is 1. The number of carboxylic acid groups (broad SMARTS) is 1. The minimum absolute atomic E-state index is 0.0864. The first kappa shape index (κ1) is 13.2. The minimum atomic E-state index is -0.912. The highest BCUT2D eigenvalue weighted by Crippen LogP contribution is 2.24. The van der Waals surface area contributed by atoms with Crippen molar-refractivity contribution >= 4 is 17.7 Å². The Bertz CT molecular complexity index is 476. The van der Waals surface area contributed by atoms with Crippen molar-refractivity contribution in [3.05, 3.63) is 10.5 Å². The molecule has 1 aliphatic heterocycles. The molecule has 100 valence electrons. The third-order valence-electron chi connectivity index (χ3n) is 3.05. The Morgan fingerprint density at radius 3 is 2.83 bits per heavy atom. The average molecular weight is 272 g/mol. The second-order valence-electron chi connectivity index (χ2n) is 4.40.